The minimum atomic E-state index is -1.18. The molecule has 6 rings (SSSR count). The number of hydrogen-bond acceptors (Lipinski definition) is 19. The number of aliphatic carboxylic acids is 2. The fourth-order valence-electron chi connectivity index (χ4n) is 14.7. The lowest BCUT2D eigenvalue weighted by atomic mass is 9.98. The van der Waals surface area contributed by atoms with Crippen molar-refractivity contribution in [3.63, 3.8) is 0 Å². The summed E-state index contributed by atoms with van der Waals surface area (Å²) < 4.78 is 27.2. The van der Waals surface area contributed by atoms with E-state index in [1.807, 2.05) is 121 Å². The topological polar surface area (TPSA) is 364 Å². The number of benzene rings is 4. The van der Waals surface area contributed by atoms with Crippen molar-refractivity contribution < 1.29 is 91.4 Å². The first-order valence-electron chi connectivity index (χ1n) is 45.4. The summed E-state index contributed by atoms with van der Waals surface area (Å²) in [7, 11) is 0. The Labute approximate surface area is 745 Å². The SMILES string of the molecule is CC(C)(C)OC(=O)C(=O)CCCCCCCSCCCCCCCC(=O)NC(CCC(=O)NCCCCC(NC(=O)OCC1c2ccccc2-c2ccccc21)C(=O)O)C(=O)OC(C)(C)C.CCCCCCCCSCCCCCCCC(=O)NC(CCC(=O)NCCCCC(NC(=O)OCC1c2ccccc2-c2ccccc21)C(=O)O)C(=O)OC(C)(C)C. The Bertz CT molecular complexity index is 3870. The number of carbonyl (C=O) groups excluding carboxylic acids is 10. The molecule has 2 aliphatic carbocycles. The van der Waals surface area contributed by atoms with Gasteiger partial charge in [-0.15, -0.1) is 0 Å². The first-order chi connectivity index (χ1) is 59.2. The van der Waals surface area contributed by atoms with Crippen LogP contribution >= 0.6 is 23.5 Å². The third-order valence-corrected chi connectivity index (χ3v) is 23.4. The number of hydrogen-bond donors (Lipinski definition) is 8. The second kappa shape index (κ2) is 58.3. The monoisotopic (exact) mass is 1760 g/mol. The number of thioether (sulfide) groups is 2. The molecule has 0 radical (unpaired) electrons. The fourth-order valence-corrected chi connectivity index (χ4v) is 16.7. The van der Waals surface area contributed by atoms with Crippen molar-refractivity contribution in [1.82, 2.24) is 31.9 Å². The van der Waals surface area contributed by atoms with Gasteiger partial charge >= 0.3 is 42.0 Å². The molecular formula is C97H144N6O19S2. The summed E-state index contributed by atoms with van der Waals surface area (Å²) in [6, 6.07) is 27.6. The van der Waals surface area contributed by atoms with E-state index in [0.29, 0.717) is 44.9 Å². The van der Waals surface area contributed by atoms with Crippen molar-refractivity contribution >= 4 is 95.0 Å². The van der Waals surface area contributed by atoms with E-state index in [1.54, 1.807) is 62.3 Å². The molecule has 124 heavy (non-hydrogen) atoms. The van der Waals surface area contributed by atoms with Gasteiger partial charge in [-0.1, -0.05) is 194 Å². The lowest BCUT2D eigenvalue weighted by molar-refractivity contribution is -0.162. The zero-order chi connectivity index (χ0) is 90.7. The number of ether oxygens (including phenoxy) is 5. The van der Waals surface area contributed by atoms with Crippen LogP contribution < -0.4 is 31.9 Å². The number of fused-ring (bicyclic) bond motifs is 6. The summed E-state index contributed by atoms with van der Waals surface area (Å²) in [6.45, 7) is 18.7. The second-order valence-corrected chi connectivity index (χ2v) is 37.7. The number of ketones is 1. The van der Waals surface area contributed by atoms with Crippen molar-refractivity contribution in [2.75, 3.05) is 49.3 Å². The minimum absolute atomic E-state index is 0.00213. The number of amides is 6. The second-order valence-electron chi connectivity index (χ2n) is 35.3. The number of carbonyl (C=O) groups is 12. The van der Waals surface area contributed by atoms with Gasteiger partial charge in [0.25, 0.3) is 0 Å². The van der Waals surface area contributed by atoms with Gasteiger partial charge in [0, 0.05) is 57.0 Å². The average Bonchev–Trinajstić information content (AvgIpc) is 1.62. The summed E-state index contributed by atoms with van der Waals surface area (Å²) in [5.74, 6) is -1.50. The Morgan fingerprint density at radius 2 is 0.645 bits per heavy atom. The van der Waals surface area contributed by atoms with E-state index in [9.17, 15) is 67.7 Å². The van der Waals surface area contributed by atoms with E-state index in [-0.39, 0.29) is 113 Å². The Morgan fingerprint density at radius 1 is 0.339 bits per heavy atom. The zero-order valence-corrected chi connectivity index (χ0v) is 77.2. The molecule has 0 bridgehead atoms. The van der Waals surface area contributed by atoms with Crippen LogP contribution in [0.3, 0.4) is 0 Å². The van der Waals surface area contributed by atoms with E-state index in [1.165, 1.54) is 56.5 Å². The van der Waals surface area contributed by atoms with Crippen LogP contribution in [0.4, 0.5) is 9.59 Å². The number of alkyl carbamates (subject to hydrolysis) is 2. The number of Topliss-reactive ketones (excluding diaryl/α,β-unsaturated/α-hetero) is 1. The summed E-state index contributed by atoms with van der Waals surface area (Å²) in [5, 5.41) is 35.6. The smallest absolute Gasteiger partial charge is 0.407 e. The van der Waals surface area contributed by atoms with Gasteiger partial charge in [-0.05, 0) is 226 Å². The van der Waals surface area contributed by atoms with Crippen LogP contribution in [0.1, 0.15) is 322 Å². The number of rotatable bonds is 60. The van der Waals surface area contributed by atoms with E-state index in [0.717, 1.165) is 133 Å². The van der Waals surface area contributed by atoms with E-state index in [4.69, 9.17) is 23.7 Å². The highest BCUT2D eigenvalue weighted by molar-refractivity contribution is 7.99. The molecule has 0 aromatic heterocycles. The predicted molar refractivity (Wildman–Crippen MR) is 489 cm³/mol. The van der Waals surface area contributed by atoms with Gasteiger partial charge in [0.1, 0.15) is 54.2 Å². The standard InChI is InChI=1S/C51H75N3O11S.C46H69N3O8S/c1-50(2,3)64-47(60)42(53-45(57)29-14-10-8-12-22-34-66-33-21-11-7-9-13-28-43(55)48(61)65-51(4,5)6)30-31-44(56)52-32-20-19-27-41(46(58)59)54-49(62)63-35-40-38-25-17-15-23-36(38)37-24-16-18-26-39(37)40;1-5-6-7-8-11-20-31-58-32-21-12-9-10-13-27-42(51)48-40(44(54)57-46(2,3)4)28-29-41(50)47-30-19-18-26-39(43(52)53)49-45(55)56-33-38-36-24-16-14-22-34(36)35-23-15-17-25-37(35)38/h15-18,23-26,40-42H,7-14,19-22,27-35H2,1-6H3,(H,52,56)(H,53,57)(H,54,62)(H,58,59);14-17,22-25,38-40H,5-13,18-21,26-33H2,1-4H3,(H,47,50)(H,48,51)(H,49,55)(H,52,53). The Hall–Kier alpha value is -8.98. The molecule has 2 aliphatic rings. The summed E-state index contributed by atoms with van der Waals surface area (Å²) >= 11 is 3.99. The highest BCUT2D eigenvalue weighted by atomic mass is 32.2. The van der Waals surface area contributed by atoms with Gasteiger partial charge in [0.2, 0.25) is 29.4 Å². The van der Waals surface area contributed by atoms with Crippen molar-refractivity contribution in [3.8, 4) is 22.3 Å². The minimum Gasteiger partial charge on any atom is -0.480 e. The van der Waals surface area contributed by atoms with Crippen LogP contribution in [0.2, 0.25) is 0 Å². The van der Waals surface area contributed by atoms with Crippen LogP contribution in [-0.2, 0) is 71.6 Å². The van der Waals surface area contributed by atoms with Crippen molar-refractivity contribution in [2.24, 2.45) is 0 Å². The predicted octanol–water partition coefficient (Wildman–Crippen LogP) is 18.5. The molecule has 27 heteroatoms. The summed E-state index contributed by atoms with van der Waals surface area (Å²) in [4.78, 5) is 150. The van der Waals surface area contributed by atoms with Crippen LogP contribution in [0.15, 0.2) is 97.1 Å². The highest BCUT2D eigenvalue weighted by Crippen LogP contribution is 2.46. The molecule has 688 valence electrons. The third kappa shape index (κ3) is 43.8. The number of carboxylic acids is 2. The fraction of sp³-hybridized carbons (Fsp3) is 0.629. The maximum absolute atomic E-state index is 13.0. The lowest BCUT2D eigenvalue weighted by Crippen LogP contribution is -2.44. The first kappa shape index (κ1) is 106. The molecule has 6 amide bonds. The van der Waals surface area contributed by atoms with E-state index >= 15 is 0 Å². The van der Waals surface area contributed by atoms with Crippen molar-refractivity contribution in [1.29, 1.82) is 0 Å². The first-order valence-corrected chi connectivity index (χ1v) is 47.7. The Kier molecular flexibility index (Phi) is 49.7. The Balaban J connectivity index is 0.000000444. The molecule has 4 aromatic rings. The van der Waals surface area contributed by atoms with Gasteiger partial charge in [-0.3, -0.25) is 24.0 Å². The number of nitrogens with one attached hydrogen (secondary N) is 6. The summed E-state index contributed by atoms with van der Waals surface area (Å²) in [5.41, 5.74) is 6.44. The normalized spacial score (nSPS) is 13.1. The molecule has 8 N–H and O–H groups in total. The van der Waals surface area contributed by atoms with Gasteiger partial charge < -0.3 is 65.8 Å². The van der Waals surface area contributed by atoms with Gasteiger partial charge in [-0.2, -0.15) is 23.5 Å². The van der Waals surface area contributed by atoms with Crippen LogP contribution in [0.5, 0.6) is 0 Å². The van der Waals surface area contributed by atoms with Crippen molar-refractivity contribution in [2.45, 2.75) is 340 Å². The number of unbranched alkanes of at least 4 members (excludes halogenated alkanes) is 19. The molecule has 0 fully saturated rings. The average molecular weight is 1760 g/mol. The molecule has 0 saturated carbocycles. The molecule has 0 aliphatic heterocycles. The molecule has 25 nitrogen and oxygen atoms in total. The number of esters is 3. The quantitative estimate of drug-likeness (QED) is 0.00881. The third-order valence-electron chi connectivity index (χ3n) is 21.1. The maximum atomic E-state index is 13.0. The maximum Gasteiger partial charge on any atom is 0.407 e. The van der Waals surface area contributed by atoms with Crippen LogP contribution in [0, 0.1) is 0 Å². The van der Waals surface area contributed by atoms with E-state index in [2.05, 4.69) is 38.8 Å². The Morgan fingerprint density at radius 3 is 0.968 bits per heavy atom. The summed E-state index contributed by atoms with van der Waals surface area (Å²) in [6.07, 6.45) is 24.2. The van der Waals surface area contributed by atoms with Gasteiger partial charge in [-0.25, -0.2) is 33.6 Å². The molecule has 4 aromatic carbocycles. The van der Waals surface area contributed by atoms with Gasteiger partial charge in [0.05, 0.1) is 0 Å². The lowest BCUT2D eigenvalue weighted by Gasteiger charge is -2.24. The molecule has 0 saturated heterocycles. The highest BCUT2D eigenvalue weighted by Gasteiger charge is 2.34. The molecule has 4 unspecified atom stereocenters. The molecule has 0 heterocycles. The van der Waals surface area contributed by atoms with E-state index < -0.39 is 88.8 Å². The molecule has 4 atom stereocenters. The molecule has 0 spiro atoms. The van der Waals surface area contributed by atoms with Crippen LogP contribution in [0.25, 0.3) is 22.3 Å². The van der Waals surface area contributed by atoms with Gasteiger partial charge in [0.15, 0.2) is 0 Å². The number of carboxylic acid groups (broad SMARTS) is 2. The van der Waals surface area contributed by atoms with Crippen LogP contribution in [-0.4, -0.2) is 172 Å². The van der Waals surface area contributed by atoms with Crippen molar-refractivity contribution in [3.05, 3.63) is 119 Å². The largest absolute Gasteiger partial charge is 0.480 e. The zero-order valence-electron chi connectivity index (χ0n) is 75.6. The molecular weight excluding hydrogens is 1620 g/mol.